The molecule has 0 saturated heterocycles. The predicted molar refractivity (Wildman–Crippen MR) is 212 cm³/mol. The Hall–Kier alpha value is -6.17. The van der Waals surface area contributed by atoms with Crippen LogP contribution in [0.3, 0.4) is 0 Å². The fourth-order valence-corrected chi connectivity index (χ4v) is 13.5. The van der Waals surface area contributed by atoms with Crippen molar-refractivity contribution in [2.24, 2.45) is 0 Å². The highest BCUT2D eigenvalue weighted by molar-refractivity contribution is 7.20. The molecule has 0 bridgehead atoms. The Morgan fingerprint density at radius 1 is 0.529 bits per heavy atom. The highest BCUT2D eigenvalue weighted by Crippen LogP contribution is 2.47. The van der Waals surface area contributed by atoms with Crippen LogP contribution in [-0.2, 0) is 5.41 Å². The van der Waals surface area contributed by atoms with Gasteiger partial charge in [-0.3, -0.25) is 8.97 Å². The van der Waals surface area contributed by atoms with Crippen molar-refractivity contribution in [3.8, 4) is 17.2 Å². The number of nitrogens with zero attached hydrogens (tertiary/aromatic N) is 3. The lowest BCUT2D eigenvalue weighted by atomic mass is 9.76. The maximum absolute atomic E-state index is 7.08. The van der Waals surface area contributed by atoms with Crippen molar-refractivity contribution in [3.63, 3.8) is 0 Å². The second kappa shape index (κ2) is 11.2. The molecule has 10 rings (SSSR count). The molecule has 2 aromatic heterocycles. The minimum atomic E-state index is -3.04. The van der Waals surface area contributed by atoms with E-state index in [1.165, 1.54) is 31.9 Å². The largest absolute Gasteiger partial charge is 0.457 e. The average Bonchev–Trinajstić information content (AvgIpc) is 3.71. The molecule has 51 heavy (non-hydrogen) atoms. The van der Waals surface area contributed by atoms with Crippen molar-refractivity contribution < 1.29 is 4.74 Å². The number of hydrogen-bond donors (Lipinski definition) is 0. The number of para-hydroxylation sites is 6. The van der Waals surface area contributed by atoms with Crippen molar-refractivity contribution in [2.75, 3.05) is 0 Å². The molecule has 9 aromatic rings. The molecule has 0 atom stereocenters. The number of fused-ring (bicyclic) bond motifs is 7. The third kappa shape index (κ3) is 4.22. The second-order valence-electron chi connectivity index (χ2n) is 14.0. The standard InChI is InChI=1S/C46H35N3OSi/c1-46(2)36-23-9-14-29-42(36)50-44-37(46)24-16-30-43(44)51(33-18-5-3-6-19-33,34-20-7-4-8-21-34)35-22-15-17-32(31-35)48-40-27-12-13-28-41(40)49-39-26-11-10-25-38(39)47-45(48)49/h3-31H,1-2H3. The van der Waals surface area contributed by atoms with Crippen LogP contribution in [0.2, 0.25) is 0 Å². The molecule has 0 aliphatic carbocycles. The summed E-state index contributed by atoms with van der Waals surface area (Å²) in [5.74, 6) is 2.80. The molecule has 3 heterocycles. The first-order valence-corrected chi connectivity index (χ1v) is 19.6. The zero-order chi connectivity index (χ0) is 34.2. The van der Waals surface area contributed by atoms with Gasteiger partial charge in [0.15, 0.2) is 8.07 Å². The molecule has 0 radical (unpaired) electrons. The smallest absolute Gasteiger partial charge is 0.220 e. The quantitative estimate of drug-likeness (QED) is 0.136. The van der Waals surface area contributed by atoms with E-state index >= 15 is 0 Å². The molecule has 0 N–H and O–H groups in total. The maximum atomic E-state index is 7.08. The summed E-state index contributed by atoms with van der Waals surface area (Å²) < 4.78 is 11.7. The molecular weight excluding hydrogens is 639 g/mol. The lowest BCUT2D eigenvalue weighted by Gasteiger charge is -2.40. The first-order valence-electron chi connectivity index (χ1n) is 17.6. The van der Waals surface area contributed by atoms with Crippen LogP contribution < -0.4 is 25.5 Å². The number of benzene rings is 7. The normalized spacial score (nSPS) is 13.6. The van der Waals surface area contributed by atoms with Gasteiger partial charge in [0.2, 0.25) is 5.78 Å². The highest BCUT2D eigenvalue weighted by Gasteiger charge is 2.46. The van der Waals surface area contributed by atoms with Crippen LogP contribution in [0.1, 0.15) is 25.0 Å². The molecule has 4 nitrogen and oxygen atoms in total. The van der Waals surface area contributed by atoms with E-state index in [9.17, 15) is 0 Å². The Morgan fingerprint density at radius 3 is 1.88 bits per heavy atom. The molecule has 1 aliphatic rings. The van der Waals surface area contributed by atoms with E-state index in [4.69, 9.17) is 9.72 Å². The Bertz CT molecular complexity index is 2720. The van der Waals surface area contributed by atoms with Gasteiger partial charge in [0, 0.05) is 22.2 Å². The van der Waals surface area contributed by atoms with Gasteiger partial charge in [-0.05, 0) is 63.2 Å². The third-order valence-corrected chi connectivity index (χ3v) is 15.7. The lowest BCUT2D eigenvalue weighted by molar-refractivity contribution is 0.421. The molecular formula is C46H35N3OSi. The van der Waals surface area contributed by atoms with E-state index in [2.05, 4.69) is 199 Å². The summed E-state index contributed by atoms with van der Waals surface area (Å²) in [6, 6.07) is 63.8. The van der Waals surface area contributed by atoms with Crippen molar-refractivity contribution in [3.05, 3.63) is 187 Å². The van der Waals surface area contributed by atoms with E-state index in [-0.39, 0.29) is 5.41 Å². The average molecular weight is 674 g/mol. The predicted octanol–water partition coefficient (Wildman–Crippen LogP) is 8.24. The maximum Gasteiger partial charge on any atom is 0.220 e. The van der Waals surface area contributed by atoms with Gasteiger partial charge in [0.25, 0.3) is 0 Å². The molecule has 0 spiro atoms. The van der Waals surface area contributed by atoms with E-state index in [0.717, 1.165) is 45.0 Å². The molecule has 0 amide bonds. The van der Waals surface area contributed by atoms with Gasteiger partial charge >= 0.3 is 0 Å². The SMILES string of the molecule is CC1(C)c2ccccc2Oc2c1cccc2[Si](c1ccccc1)(c1ccccc1)c1cccc(-n2c3ccccc3n3c4ccccc4nc23)c1. The molecule has 0 saturated carbocycles. The van der Waals surface area contributed by atoms with Gasteiger partial charge in [-0.25, -0.2) is 4.98 Å². The molecule has 7 aromatic carbocycles. The first-order chi connectivity index (χ1) is 25.1. The van der Waals surface area contributed by atoms with Crippen LogP contribution in [0.15, 0.2) is 176 Å². The molecule has 0 fully saturated rings. The monoisotopic (exact) mass is 673 g/mol. The fraction of sp³-hybridized carbons (Fsp3) is 0.0652. The van der Waals surface area contributed by atoms with E-state index in [1.54, 1.807) is 0 Å². The summed E-state index contributed by atoms with van der Waals surface area (Å²) in [6.07, 6.45) is 0. The summed E-state index contributed by atoms with van der Waals surface area (Å²) in [4.78, 5) is 5.21. The summed E-state index contributed by atoms with van der Waals surface area (Å²) in [5.41, 5.74) is 7.59. The van der Waals surface area contributed by atoms with Gasteiger partial charge < -0.3 is 4.74 Å². The summed E-state index contributed by atoms with van der Waals surface area (Å²) in [6.45, 7) is 4.64. The number of ether oxygens (including phenoxy) is 1. The Kier molecular flexibility index (Phi) is 6.51. The number of imidazole rings is 2. The zero-order valence-electron chi connectivity index (χ0n) is 28.5. The van der Waals surface area contributed by atoms with Crippen LogP contribution in [0.5, 0.6) is 11.5 Å². The van der Waals surface area contributed by atoms with E-state index < -0.39 is 8.07 Å². The molecule has 1 aliphatic heterocycles. The minimum absolute atomic E-state index is 0.242. The fourth-order valence-electron chi connectivity index (χ4n) is 8.59. The minimum Gasteiger partial charge on any atom is -0.457 e. The van der Waals surface area contributed by atoms with Crippen LogP contribution in [0.4, 0.5) is 0 Å². The van der Waals surface area contributed by atoms with E-state index in [0.29, 0.717) is 0 Å². The van der Waals surface area contributed by atoms with Crippen LogP contribution in [0.25, 0.3) is 33.5 Å². The lowest BCUT2D eigenvalue weighted by Crippen LogP contribution is -2.75. The van der Waals surface area contributed by atoms with Gasteiger partial charge in [-0.2, -0.15) is 0 Å². The van der Waals surface area contributed by atoms with Crippen LogP contribution in [0, 0.1) is 0 Å². The van der Waals surface area contributed by atoms with Crippen molar-refractivity contribution >= 4 is 56.7 Å². The number of aromatic nitrogens is 3. The number of rotatable bonds is 5. The number of hydrogen-bond acceptors (Lipinski definition) is 2. The van der Waals surface area contributed by atoms with Gasteiger partial charge in [0.1, 0.15) is 11.5 Å². The zero-order valence-corrected chi connectivity index (χ0v) is 29.5. The Balaban J connectivity index is 1.31. The Labute approximate surface area is 297 Å². The van der Waals surface area contributed by atoms with Crippen molar-refractivity contribution in [2.45, 2.75) is 19.3 Å². The molecule has 5 heteroatoms. The van der Waals surface area contributed by atoms with Crippen LogP contribution in [-0.4, -0.2) is 22.0 Å². The summed E-state index contributed by atoms with van der Waals surface area (Å²) >= 11 is 0. The van der Waals surface area contributed by atoms with Crippen LogP contribution >= 0.6 is 0 Å². The molecule has 244 valence electrons. The molecule has 0 unspecified atom stereocenters. The topological polar surface area (TPSA) is 31.5 Å². The second-order valence-corrected chi connectivity index (χ2v) is 17.8. The summed E-state index contributed by atoms with van der Waals surface area (Å²) in [5, 5.41) is 5.12. The summed E-state index contributed by atoms with van der Waals surface area (Å²) in [7, 11) is -3.04. The Morgan fingerprint density at radius 2 is 1.12 bits per heavy atom. The third-order valence-electron chi connectivity index (χ3n) is 10.9. The van der Waals surface area contributed by atoms with Gasteiger partial charge in [-0.1, -0.05) is 147 Å². The van der Waals surface area contributed by atoms with Crippen molar-refractivity contribution in [1.82, 2.24) is 14.0 Å². The van der Waals surface area contributed by atoms with Crippen molar-refractivity contribution in [1.29, 1.82) is 0 Å². The van der Waals surface area contributed by atoms with Gasteiger partial charge in [0.05, 0.1) is 22.1 Å². The first kappa shape index (κ1) is 29.7. The highest BCUT2D eigenvalue weighted by atomic mass is 28.3. The van der Waals surface area contributed by atoms with Gasteiger partial charge in [-0.15, -0.1) is 0 Å². The van der Waals surface area contributed by atoms with E-state index in [1.807, 2.05) is 0 Å².